The third-order valence-electron chi connectivity index (χ3n) is 3.38. The van der Waals surface area contributed by atoms with Crippen LogP contribution in [-0.4, -0.2) is 11.2 Å². The molecule has 0 radical (unpaired) electrons. The molecule has 2 atom stereocenters. The Bertz CT molecular complexity index is 238. The quantitative estimate of drug-likeness (QED) is 0.731. The summed E-state index contributed by atoms with van der Waals surface area (Å²) in [5.74, 6) is 0.787. The van der Waals surface area contributed by atoms with E-state index in [2.05, 4.69) is 52.0 Å². The van der Waals surface area contributed by atoms with E-state index in [9.17, 15) is 5.11 Å². The Morgan fingerprint density at radius 2 is 1.79 bits per heavy atom. The number of hydrogen-bond acceptors (Lipinski definition) is 1. The van der Waals surface area contributed by atoms with Crippen molar-refractivity contribution in [2.24, 2.45) is 17.3 Å². The van der Waals surface area contributed by atoms with Crippen LogP contribution in [0.25, 0.3) is 0 Å². The fraction of sp³-hybridized carbons (Fsp3) is 0.692. The van der Waals surface area contributed by atoms with Crippen LogP contribution in [0.4, 0.5) is 0 Å². The standard InChI is InChI=1S/C13H22O/c1-10(2)12(14)13(11(3)4)8-6-5-7-9-13/h5-8,10-12,14H,9H2,1-4H3. The van der Waals surface area contributed by atoms with Crippen molar-refractivity contribution >= 4 is 0 Å². The summed E-state index contributed by atoms with van der Waals surface area (Å²) in [6, 6.07) is 0. The Morgan fingerprint density at radius 1 is 1.14 bits per heavy atom. The lowest BCUT2D eigenvalue weighted by Crippen LogP contribution is -2.41. The molecular formula is C13H22O. The molecule has 1 nitrogen and oxygen atoms in total. The van der Waals surface area contributed by atoms with E-state index < -0.39 is 0 Å². The lowest BCUT2D eigenvalue weighted by atomic mass is 9.66. The lowest BCUT2D eigenvalue weighted by Gasteiger charge is -2.41. The molecule has 1 N–H and O–H groups in total. The van der Waals surface area contributed by atoms with Gasteiger partial charge < -0.3 is 5.11 Å². The van der Waals surface area contributed by atoms with Crippen LogP contribution in [0.5, 0.6) is 0 Å². The Balaban J connectivity index is 2.93. The summed E-state index contributed by atoms with van der Waals surface area (Å²) in [5.41, 5.74) is -0.0527. The number of aliphatic hydroxyl groups is 1. The fourth-order valence-electron chi connectivity index (χ4n) is 2.26. The zero-order valence-corrected chi connectivity index (χ0v) is 9.70. The molecule has 14 heavy (non-hydrogen) atoms. The first-order valence-electron chi connectivity index (χ1n) is 5.53. The molecule has 2 unspecified atom stereocenters. The predicted octanol–water partition coefficient (Wildman–Crippen LogP) is 3.16. The van der Waals surface area contributed by atoms with E-state index >= 15 is 0 Å². The van der Waals surface area contributed by atoms with Crippen LogP contribution in [0.3, 0.4) is 0 Å². The van der Waals surface area contributed by atoms with E-state index in [0.717, 1.165) is 6.42 Å². The van der Waals surface area contributed by atoms with Gasteiger partial charge in [-0.3, -0.25) is 0 Å². The minimum absolute atomic E-state index is 0.0527. The van der Waals surface area contributed by atoms with Crippen LogP contribution in [0.2, 0.25) is 0 Å². The molecule has 0 bridgehead atoms. The summed E-state index contributed by atoms with van der Waals surface area (Å²) in [5, 5.41) is 10.3. The largest absolute Gasteiger partial charge is 0.392 e. The van der Waals surface area contributed by atoms with Crippen molar-refractivity contribution in [3.8, 4) is 0 Å². The minimum atomic E-state index is -0.247. The van der Waals surface area contributed by atoms with Gasteiger partial charge in [-0.05, 0) is 18.3 Å². The van der Waals surface area contributed by atoms with E-state index in [1.54, 1.807) is 0 Å². The van der Waals surface area contributed by atoms with Crippen LogP contribution in [0.15, 0.2) is 24.3 Å². The monoisotopic (exact) mass is 194 g/mol. The molecule has 0 saturated heterocycles. The van der Waals surface area contributed by atoms with E-state index in [1.807, 2.05) is 0 Å². The third kappa shape index (κ3) is 1.93. The second kappa shape index (κ2) is 4.31. The van der Waals surface area contributed by atoms with Crippen molar-refractivity contribution in [3.63, 3.8) is 0 Å². The van der Waals surface area contributed by atoms with E-state index in [-0.39, 0.29) is 11.5 Å². The molecule has 80 valence electrons. The lowest BCUT2D eigenvalue weighted by molar-refractivity contribution is -0.00616. The molecular weight excluding hydrogens is 172 g/mol. The highest BCUT2D eigenvalue weighted by Crippen LogP contribution is 2.41. The highest BCUT2D eigenvalue weighted by Gasteiger charge is 2.39. The highest BCUT2D eigenvalue weighted by atomic mass is 16.3. The molecule has 0 aromatic carbocycles. The maximum absolute atomic E-state index is 10.3. The Morgan fingerprint density at radius 3 is 2.14 bits per heavy atom. The molecule has 1 aliphatic rings. The van der Waals surface area contributed by atoms with Gasteiger partial charge in [-0.15, -0.1) is 0 Å². The summed E-state index contributed by atoms with van der Waals surface area (Å²) >= 11 is 0. The van der Waals surface area contributed by atoms with E-state index in [4.69, 9.17) is 0 Å². The van der Waals surface area contributed by atoms with Crippen LogP contribution in [-0.2, 0) is 0 Å². The number of rotatable bonds is 3. The summed E-state index contributed by atoms with van der Waals surface area (Å²) < 4.78 is 0. The summed E-state index contributed by atoms with van der Waals surface area (Å²) in [6.07, 6.45) is 9.18. The molecule has 0 aromatic heterocycles. The van der Waals surface area contributed by atoms with Crippen LogP contribution < -0.4 is 0 Å². The summed E-state index contributed by atoms with van der Waals surface area (Å²) in [4.78, 5) is 0. The number of hydrogen-bond donors (Lipinski definition) is 1. The molecule has 0 amide bonds. The second-order valence-electron chi connectivity index (χ2n) is 4.95. The van der Waals surface area contributed by atoms with Gasteiger partial charge in [-0.1, -0.05) is 52.0 Å². The van der Waals surface area contributed by atoms with Crippen molar-refractivity contribution in [3.05, 3.63) is 24.3 Å². The van der Waals surface area contributed by atoms with Gasteiger partial charge in [0.15, 0.2) is 0 Å². The second-order valence-corrected chi connectivity index (χ2v) is 4.95. The van der Waals surface area contributed by atoms with Crippen LogP contribution >= 0.6 is 0 Å². The topological polar surface area (TPSA) is 20.2 Å². The predicted molar refractivity (Wildman–Crippen MR) is 61.0 cm³/mol. The van der Waals surface area contributed by atoms with Gasteiger partial charge in [0.25, 0.3) is 0 Å². The third-order valence-corrected chi connectivity index (χ3v) is 3.38. The van der Waals surface area contributed by atoms with Gasteiger partial charge in [0.05, 0.1) is 6.10 Å². The maximum atomic E-state index is 10.3. The average Bonchev–Trinajstić information content (AvgIpc) is 2.17. The maximum Gasteiger partial charge on any atom is 0.0659 e. The molecule has 1 aliphatic carbocycles. The zero-order valence-electron chi connectivity index (χ0n) is 9.70. The molecule has 0 spiro atoms. The first-order chi connectivity index (χ1) is 6.50. The fourth-order valence-corrected chi connectivity index (χ4v) is 2.26. The van der Waals surface area contributed by atoms with Crippen molar-refractivity contribution in [2.75, 3.05) is 0 Å². The summed E-state index contributed by atoms with van der Waals surface area (Å²) in [6.45, 7) is 8.55. The summed E-state index contributed by atoms with van der Waals surface area (Å²) in [7, 11) is 0. The van der Waals surface area contributed by atoms with Crippen molar-refractivity contribution < 1.29 is 5.11 Å². The smallest absolute Gasteiger partial charge is 0.0659 e. The minimum Gasteiger partial charge on any atom is -0.392 e. The SMILES string of the molecule is CC(C)C(O)C1(C(C)C)C=CC=CC1. The van der Waals surface area contributed by atoms with Crippen molar-refractivity contribution in [1.82, 2.24) is 0 Å². The van der Waals surface area contributed by atoms with Crippen molar-refractivity contribution in [2.45, 2.75) is 40.2 Å². The molecule has 0 heterocycles. The van der Waals surface area contributed by atoms with E-state index in [0.29, 0.717) is 11.8 Å². The van der Waals surface area contributed by atoms with Crippen molar-refractivity contribution in [1.29, 1.82) is 0 Å². The average molecular weight is 194 g/mol. The van der Waals surface area contributed by atoms with Gasteiger partial charge in [0.2, 0.25) is 0 Å². The zero-order chi connectivity index (χ0) is 10.8. The number of aliphatic hydroxyl groups excluding tert-OH is 1. The Hall–Kier alpha value is -0.560. The highest BCUT2D eigenvalue weighted by molar-refractivity contribution is 5.19. The molecule has 1 heteroatoms. The number of allylic oxidation sites excluding steroid dienone is 3. The van der Waals surface area contributed by atoms with Gasteiger partial charge in [0, 0.05) is 5.41 Å². The first kappa shape index (κ1) is 11.5. The Kier molecular flexibility index (Phi) is 3.54. The molecule has 0 aromatic rings. The first-order valence-corrected chi connectivity index (χ1v) is 5.53. The molecule has 0 aliphatic heterocycles. The normalized spacial score (nSPS) is 28.8. The Labute approximate surface area is 87.5 Å². The molecule has 0 saturated carbocycles. The van der Waals surface area contributed by atoms with Crippen LogP contribution in [0.1, 0.15) is 34.1 Å². The van der Waals surface area contributed by atoms with Gasteiger partial charge >= 0.3 is 0 Å². The molecule has 0 fully saturated rings. The van der Waals surface area contributed by atoms with Gasteiger partial charge in [0.1, 0.15) is 0 Å². The van der Waals surface area contributed by atoms with Gasteiger partial charge in [-0.25, -0.2) is 0 Å². The van der Waals surface area contributed by atoms with E-state index in [1.165, 1.54) is 0 Å². The molecule has 1 rings (SSSR count). The van der Waals surface area contributed by atoms with Crippen LogP contribution in [0, 0.1) is 17.3 Å². The van der Waals surface area contributed by atoms with Gasteiger partial charge in [-0.2, -0.15) is 0 Å².